The van der Waals surface area contributed by atoms with E-state index in [4.69, 9.17) is 23.2 Å². The van der Waals surface area contributed by atoms with Gasteiger partial charge in [-0.1, -0.05) is 36.2 Å². The number of benzene rings is 1. The van der Waals surface area contributed by atoms with Crippen LogP contribution in [0.2, 0.25) is 10.0 Å². The number of rotatable bonds is 6. The summed E-state index contributed by atoms with van der Waals surface area (Å²) in [5.74, 6) is -1.24. The highest BCUT2D eigenvalue weighted by molar-refractivity contribution is 7.90. The summed E-state index contributed by atoms with van der Waals surface area (Å²) in [6, 6.07) is 5.50. The molecule has 0 atom stereocenters. The van der Waals surface area contributed by atoms with Crippen LogP contribution in [0.4, 0.5) is 23.2 Å². The number of pyridine rings is 1. The van der Waals surface area contributed by atoms with E-state index in [1.165, 1.54) is 28.8 Å². The molecular weight excluding hydrogens is 563 g/mol. The number of aromatic nitrogens is 2. The zero-order valence-electron chi connectivity index (χ0n) is 18.9. The van der Waals surface area contributed by atoms with Gasteiger partial charge in [0.05, 0.1) is 34.5 Å². The highest BCUT2D eigenvalue weighted by Crippen LogP contribution is 2.29. The summed E-state index contributed by atoms with van der Waals surface area (Å²) in [6.45, 7) is 0.904. The van der Waals surface area contributed by atoms with Crippen LogP contribution in [0.5, 0.6) is 0 Å². The monoisotopic (exact) mass is 580 g/mol. The number of hydrogen-bond acceptors (Lipinski definition) is 6. The molecule has 198 valence electrons. The number of carbonyl (C=O) groups is 1. The quantitative estimate of drug-likeness (QED) is 0.441. The van der Waals surface area contributed by atoms with Crippen LogP contribution in [0.25, 0.3) is 5.65 Å². The fourth-order valence-electron chi connectivity index (χ4n) is 3.64. The maximum absolute atomic E-state index is 14.8. The highest BCUT2D eigenvalue weighted by Gasteiger charge is 2.50. The first-order valence-corrected chi connectivity index (χ1v) is 12.9. The summed E-state index contributed by atoms with van der Waals surface area (Å²) in [7, 11) is -5.58. The second-order valence-corrected chi connectivity index (χ2v) is 10.5. The van der Waals surface area contributed by atoms with E-state index in [0.717, 1.165) is 11.1 Å². The summed E-state index contributed by atoms with van der Waals surface area (Å²) in [5, 5.41) is 7.90. The van der Waals surface area contributed by atoms with Gasteiger partial charge in [0, 0.05) is 18.8 Å². The summed E-state index contributed by atoms with van der Waals surface area (Å²) >= 11 is 12.1. The highest BCUT2D eigenvalue weighted by atomic mass is 35.5. The molecule has 9 nitrogen and oxygen atoms in total. The van der Waals surface area contributed by atoms with E-state index in [1.807, 2.05) is 6.92 Å². The van der Waals surface area contributed by atoms with Gasteiger partial charge in [0.2, 0.25) is 0 Å². The lowest BCUT2D eigenvalue weighted by atomic mass is 10.1. The number of nitrogens with one attached hydrogen (secondary N) is 1. The minimum atomic E-state index is -5.58. The van der Waals surface area contributed by atoms with Crippen molar-refractivity contribution in [3.63, 3.8) is 0 Å². The van der Waals surface area contributed by atoms with Crippen molar-refractivity contribution in [1.29, 1.82) is 0 Å². The molecule has 16 heteroatoms. The molecule has 0 radical (unpaired) electrons. The molecule has 1 N–H and O–H groups in total. The molecule has 2 aromatic heterocycles. The molecule has 1 aliphatic rings. The first kappa shape index (κ1) is 26.9. The summed E-state index contributed by atoms with van der Waals surface area (Å²) in [5.41, 5.74) is -3.94. The second kappa shape index (κ2) is 9.99. The van der Waals surface area contributed by atoms with Gasteiger partial charge in [-0.05, 0) is 24.1 Å². The van der Waals surface area contributed by atoms with Gasteiger partial charge in [-0.2, -0.15) is 26.7 Å². The van der Waals surface area contributed by atoms with Crippen LogP contribution in [0.1, 0.15) is 28.7 Å². The molecule has 3 heterocycles. The Morgan fingerprint density at radius 3 is 2.49 bits per heavy atom. The third-order valence-corrected chi connectivity index (χ3v) is 7.67. The fourth-order valence-corrected chi connectivity index (χ4v) is 4.69. The topological polar surface area (TPSA) is 99.4 Å². The Balaban J connectivity index is 1.48. The molecule has 0 unspecified atom stereocenters. The summed E-state index contributed by atoms with van der Waals surface area (Å²) in [6.07, 6.45) is 2.43. The Morgan fingerprint density at radius 1 is 1.16 bits per heavy atom. The molecule has 37 heavy (non-hydrogen) atoms. The largest absolute Gasteiger partial charge is 0.516 e. The van der Waals surface area contributed by atoms with Gasteiger partial charge >= 0.3 is 15.5 Å². The molecule has 0 saturated carbocycles. The molecule has 1 amide bonds. The van der Waals surface area contributed by atoms with E-state index in [0.29, 0.717) is 29.7 Å². The van der Waals surface area contributed by atoms with Crippen molar-refractivity contribution in [2.45, 2.75) is 25.4 Å². The van der Waals surface area contributed by atoms with Gasteiger partial charge in [-0.15, -0.1) is 0 Å². The van der Waals surface area contributed by atoms with Gasteiger partial charge in [-0.25, -0.2) is 13.7 Å². The maximum atomic E-state index is 14.8. The molecule has 3 aromatic rings. The first-order valence-electron chi connectivity index (χ1n) is 10.7. The second-order valence-electron chi connectivity index (χ2n) is 7.84. The van der Waals surface area contributed by atoms with Crippen LogP contribution < -0.4 is 10.3 Å². The van der Waals surface area contributed by atoms with Crippen LogP contribution in [0.3, 0.4) is 0 Å². The lowest BCUT2D eigenvalue weighted by molar-refractivity contribution is -0.0471. The van der Waals surface area contributed by atoms with Crippen molar-refractivity contribution in [2.24, 2.45) is 5.10 Å². The molecule has 0 saturated heterocycles. The number of hydrogen-bond donors (Lipinski definition) is 1. The van der Waals surface area contributed by atoms with E-state index in [9.17, 15) is 30.8 Å². The van der Waals surface area contributed by atoms with Crippen molar-refractivity contribution in [3.8, 4) is 0 Å². The van der Waals surface area contributed by atoms with Crippen molar-refractivity contribution in [2.75, 3.05) is 18.1 Å². The van der Waals surface area contributed by atoms with Crippen LogP contribution >= 0.6 is 23.2 Å². The lowest BCUT2D eigenvalue weighted by Gasteiger charge is -2.29. The van der Waals surface area contributed by atoms with Gasteiger partial charge < -0.3 is 5.32 Å². The van der Waals surface area contributed by atoms with E-state index in [1.54, 1.807) is 0 Å². The number of anilines is 1. The molecular formula is C21H18Cl2F4N6O3S. The molecule has 0 fully saturated rings. The SMILES string of the molecule is CCc1nc2cc(Cl)c(Cl)cn2c1C(=O)NCc1ccc(N2CCN(S(=O)(=O)C(F)(F)F)C=N2)c(F)c1. The Labute approximate surface area is 218 Å². The number of fused-ring (bicyclic) bond motifs is 1. The molecule has 4 rings (SSSR count). The number of hydrazone groups is 1. The van der Waals surface area contributed by atoms with Crippen LogP contribution in [-0.4, -0.2) is 53.0 Å². The number of carbonyl (C=O) groups excluding carboxylic acids is 1. The number of imidazole rings is 1. The van der Waals surface area contributed by atoms with E-state index in [2.05, 4.69) is 15.4 Å². The van der Waals surface area contributed by atoms with Crippen LogP contribution in [0, 0.1) is 5.82 Å². The van der Waals surface area contributed by atoms with E-state index >= 15 is 0 Å². The number of aryl methyl sites for hydroxylation is 1. The molecule has 0 aliphatic carbocycles. The average Bonchev–Trinajstić information content (AvgIpc) is 3.19. The number of alkyl halides is 3. The zero-order valence-corrected chi connectivity index (χ0v) is 21.3. The van der Waals surface area contributed by atoms with Crippen molar-refractivity contribution >= 4 is 56.8 Å². The summed E-state index contributed by atoms with van der Waals surface area (Å²) in [4.78, 5) is 17.3. The van der Waals surface area contributed by atoms with Crippen LogP contribution in [0.15, 0.2) is 35.6 Å². The summed E-state index contributed by atoms with van der Waals surface area (Å²) < 4.78 is 77.4. The number of halogens is 6. The standard InChI is InChI=1S/C21H18Cl2F4N6O3S/c1-2-16-19(32-10-14(23)13(22)8-18(32)30-16)20(34)28-9-12-3-4-17(15(24)7-12)33-6-5-31(11-29-33)37(35,36)21(25,26)27/h3-4,7-8,10-11H,2,5-6,9H2,1H3,(H,28,34). The van der Waals surface area contributed by atoms with Gasteiger partial charge in [0.25, 0.3) is 5.91 Å². The number of sulfonamides is 1. The third-order valence-electron chi connectivity index (χ3n) is 5.48. The zero-order chi connectivity index (χ0) is 27.1. The smallest absolute Gasteiger partial charge is 0.347 e. The third kappa shape index (κ3) is 5.18. The van der Waals surface area contributed by atoms with Gasteiger partial charge in [-0.3, -0.25) is 14.2 Å². The van der Waals surface area contributed by atoms with Crippen molar-refractivity contribution in [3.05, 3.63) is 63.3 Å². The molecule has 1 aliphatic heterocycles. The predicted molar refractivity (Wildman–Crippen MR) is 130 cm³/mol. The Kier molecular flexibility index (Phi) is 7.27. The molecule has 0 spiro atoms. The van der Waals surface area contributed by atoms with E-state index in [-0.39, 0.29) is 38.8 Å². The van der Waals surface area contributed by atoms with Crippen molar-refractivity contribution in [1.82, 2.24) is 19.0 Å². The predicted octanol–water partition coefficient (Wildman–Crippen LogP) is 4.19. The number of amides is 1. The van der Waals surface area contributed by atoms with Crippen LogP contribution in [-0.2, 0) is 23.0 Å². The Morgan fingerprint density at radius 2 is 1.89 bits per heavy atom. The maximum Gasteiger partial charge on any atom is 0.516 e. The first-order chi connectivity index (χ1) is 17.3. The minimum absolute atomic E-state index is 0.0470. The Hall–Kier alpha value is -3.10. The average molecular weight is 581 g/mol. The van der Waals surface area contributed by atoms with E-state index < -0.39 is 33.8 Å². The van der Waals surface area contributed by atoms with Crippen molar-refractivity contribution < 1.29 is 30.8 Å². The van der Waals surface area contributed by atoms with Gasteiger partial charge in [0.15, 0.2) is 0 Å². The lowest BCUT2D eigenvalue weighted by Crippen LogP contribution is -2.46. The minimum Gasteiger partial charge on any atom is -0.347 e. The number of nitrogens with zero attached hydrogens (tertiary/aromatic N) is 5. The normalized spacial score (nSPS) is 14.5. The van der Waals surface area contributed by atoms with Gasteiger partial charge in [0.1, 0.15) is 23.5 Å². The molecule has 0 bridgehead atoms. The molecule has 1 aromatic carbocycles. The fraction of sp³-hybridized carbons (Fsp3) is 0.286. The Bertz CT molecular complexity index is 1510.